The maximum absolute atomic E-state index is 12.2. The first kappa shape index (κ1) is 22.6. The van der Waals surface area contributed by atoms with Crippen LogP contribution in [0.1, 0.15) is 49.7 Å². The monoisotopic (exact) mass is 482 g/mol. The van der Waals surface area contributed by atoms with Gasteiger partial charge in [0.15, 0.2) is 0 Å². The maximum atomic E-state index is 12.2. The summed E-state index contributed by atoms with van der Waals surface area (Å²) < 4.78 is 6.45. The summed E-state index contributed by atoms with van der Waals surface area (Å²) in [6.45, 7) is 0. The number of benzene rings is 2. The van der Waals surface area contributed by atoms with E-state index in [1.54, 1.807) is 42.5 Å². The van der Waals surface area contributed by atoms with Crippen LogP contribution in [0.4, 0.5) is 0 Å². The van der Waals surface area contributed by atoms with Crippen LogP contribution in [-0.4, -0.2) is 17.0 Å². The first-order chi connectivity index (χ1) is 14.9. The molecule has 1 amide bonds. The molecule has 0 heterocycles. The quantitative estimate of drug-likeness (QED) is 0.475. The number of halogens is 1. The van der Waals surface area contributed by atoms with Crippen molar-refractivity contribution in [3.63, 3.8) is 0 Å². The van der Waals surface area contributed by atoms with Crippen LogP contribution in [0.15, 0.2) is 52.6 Å². The number of amides is 1. The molecule has 0 spiro atoms. The Bertz CT molecular complexity index is 1020. The van der Waals surface area contributed by atoms with Crippen molar-refractivity contribution in [3.05, 3.63) is 63.8 Å². The van der Waals surface area contributed by atoms with Crippen LogP contribution in [0.3, 0.4) is 0 Å². The summed E-state index contributed by atoms with van der Waals surface area (Å²) in [6.07, 6.45) is 7.31. The van der Waals surface area contributed by atoms with Crippen molar-refractivity contribution in [3.8, 4) is 17.6 Å². The molecule has 1 aliphatic carbocycles. The van der Waals surface area contributed by atoms with Crippen LogP contribution in [0.5, 0.6) is 11.5 Å². The van der Waals surface area contributed by atoms with Gasteiger partial charge in [-0.05, 0) is 70.2 Å². The molecule has 3 rings (SSSR count). The van der Waals surface area contributed by atoms with Crippen molar-refractivity contribution in [2.45, 2.75) is 38.5 Å². The van der Waals surface area contributed by atoms with Crippen LogP contribution < -0.4 is 10.1 Å². The molecule has 0 radical (unpaired) electrons. The number of aliphatic carboxylic acids is 1. The van der Waals surface area contributed by atoms with Crippen LogP contribution in [0.2, 0.25) is 0 Å². The Kier molecular flexibility index (Phi) is 7.85. The van der Waals surface area contributed by atoms with Gasteiger partial charge in [0.1, 0.15) is 17.2 Å². The molecule has 6 nitrogen and oxygen atoms in total. The molecule has 2 aromatic rings. The molecule has 0 bridgehead atoms. The van der Waals surface area contributed by atoms with Gasteiger partial charge in [0.25, 0.3) is 0 Å². The van der Waals surface area contributed by atoms with E-state index in [-0.39, 0.29) is 11.6 Å². The van der Waals surface area contributed by atoms with Crippen molar-refractivity contribution in [2.75, 3.05) is 0 Å². The number of hydrogen-bond acceptors (Lipinski definition) is 4. The Balaban J connectivity index is 1.62. The molecule has 0 saturated heterocycles. The van der Waals surface area contributed by atoms with Crippen LogP contribution in [-0.2, 0) is 9.59 Å². The molecule has 0 aliphatic heterocycles. The third kappa shape index (κ3) is 6.69. The molecule has 31 heavy (non-hydrogen) atoms. The molecule has 0 unspecified atom stereocenters. The summed E-state index contributed by atoms with van der Waals surface area (Å²) in [6, 6.07) is 13.9. The third-order valence-corrected chi connectivity index (χ3v) is 5.86. The van der Waals surface area contributed by atoms with Gasteiger partial charge in [-0.25, -0.2) is 4.79 Å². The third-order valence-electron chi connectivity index (χ3n) is 5.24. The predicted octanol–water partition coefficient (Wildman–Crippen LogP) is 5.63. The number of carboxylic acids is 1. The lowest BCUT2D eigenvalue weighted by Crippen LogP contribution is -2.27. The Labute approximate surface area is 189 Å². The molecule has 2 N–H and O–H groups in total. The molecular formula is C24H23BrN2O4. The average molecular weight is 483 g/mol. The first-order valence-electron chi connectivity index (χ1n) is 10.2. The topological polar surface area (TPSA) is 99.4 Å². The number of carbonyl (C=O) groups excluding carboxylic acids is 1. The number of ether oxygens (including phenoxy) is 1. The number of nitrogens with one attached hydrogen (secondary N) is 1. The Morgan fingerprint density at radius 1 is 1.19 bits per heavy atom. The molecule has 0 aromatic heterocycles. The number of rotatable bonds is 8. The fourth-order valence-corrected chi connectivity index (χ4v) is 4.04. The number of hydrogen-bond donors (Lipinski definition) is 2. The minimum Gasteiger partial charge on any atom is -0.477 e. The summed E-state index contributed by atoms with van der Waals surface area (Å²) in [5.74, 6) is 0.233. The van der Waals surface area contributed by atoms with E-state index >= 15 is 0 Å². The molecule has 2 aromatic carbocycles. The van der Waals surface area contributed by atoms with Crippen molar-refractivity contribution in [1.29, 1.82) is 5.26 Å². The lowest BCUT2D eigenvalue weighted by molar-refractivity contribution is -0.134. The van der Waals surface area contributed by atoms with E-state index in [9.17, 15) is 14.7 Å². The Morgan fingerprint density at radius 2 is 1.90 bits per heavy atom. The number of nitrogens with zero attached hydrogens (tertiary/aromatic N) is 1. The molecule has 1 saturated carbocycles. The number of nitriles is 1. The zero-order valence-corrected chi connectivity index (χ0v) is 18.5. The minimum absolute atomic E-state index is 0.153. The fraction of sp³-hybridized carbons (Fsp3) is 0.292. The van der Waals surface area contributed by atoms with Crippen molar-refractivity contribution in [1.82, 2.24) is 5.32 Å². The van der Waals surface area contributed by atoms with E-state index < -0.39 is 5.97 Å². The number of carboxylic acid groups (broad SMARTS) is 1. The van der Waals surface area contributed by atoms with E-state index in [0.29, 0.717) is 39.4 Å². The maximum Gasteiger partial charge on any atom is 0.352 e. The van der Waals surface area contributed by atoms with E-state index in [1.807, 2.05) is 0 Å². The first-order valence-corrected chi connectivity index (χ1v) is 11.0. The lowest BCUT2D eigenvalue weighted by Gasteiger charge is -2.10. The molecule has 0 atom stereocenters. The van der Waals surface area contributed by atoms with E-state index in [1.165, 1.54) is 18.9 Å². The van der Waals surface area contributed by atoms with E-state index in [4.69, 9.17) is 10.00 Å². The minimum atomic E-state index is -1.18. The highest BCUT2D eigenvalue weighted by molar-refractivity contribution is 9.10. The van der Waals surface area contributed by atoms with Gasteiger partial charge in [0.05, 0.1) is 16.1 Å². The van der Waals surface area contributed by atoms with Crippen molar-refractivity contribution < 1.29 is 19.4 Å². The Hall–Kier alpha value is -3.11. The van der Waals surface area contributed by atoms with Crippen LogP contribution in [0, 0.1) is 17.2 Å². The van der Waals surface area contributed by atoms with Gasteiger partial charge in [0.2, 0.25) is 5.91 Å². The van der Waals surface area contributed by atoms with Gasteiger partial charge < -0.3 is 15.2 Å². The zero-order chi connectivity index (χ0) is 22.2. The largest absolute Gasteiger partial charge is 0.477 e. The molecular weight excluding hydrogens is 460 g/mol. The zero-order valence-electron chi connectivity index (χ0n) is 16.9. The second-order valence-electron chi connectivity index (χ2n) is 7.53. The summed E-state index contributed by atoms with van der Waals surface area (Å²) >= 11 is 3.37. The van der Waals surface area contributed by atoms with E-state index in [2.05, 4.69) is 27.3 Å². The highest BCUT2D eigenvalue weighted by Gasteiger charge is 2.17. The highest BCUT2D eigenvalue weighted by atomic mass is 79.9. The van der Waals surface area contributed by atoms with Gasteiger partial charge in [0, 0.05) is 6.42 Å². The predicted molar refractivity (Wildman–Crippen MR) is 120 cm³/mol. The van der Waals surface area contributed by atoms with Gasteiger partial charge in [-0.1, -0.05) is 37.8 Å². The molecule has 1 fully saturated rings. The van der Waals surface area contributed by atoms with Gasteiger partial charge in [-0.15, -0.1) is 0 Å². The lowest BCUT2D eigenvalue weighted by atomic mass is 10.0. The van der Waals surface area contributed by atoms with Gasteiger partial charge in [-0.2, -0.15) is 5.26 Å². The average Bonchev–Trinajstić information content (AvgIpc) is 3.28. The summed E-state index contributed by atoms with van der Waals surface area (Å²) in [4.78, 5) is 23.7. The standard InChI is InChI=1S/C24H23BrN2O4/c25-20-13-18(15-26)7-11-22(20)31-19-9-5-17(6-10-19)14-21(24(29)30)27-23(28)12-8-16-3-1-2-4-16/h5-7,9-11,13-14,16H,1-4,8,12H2,(H,27,28)(H,29,30). The number of carbonyl (C=O) groups is 2. The van der Waals surface area contributed by atoms with Gasteiger partial charge in [-0.3, -0.25) is 4.79 Å². The van der Waals surface area contributed by atoms with Crippen LogP contribution >= 0.6 is 15.9 Å². The molecule has 1 aliphatic rings. The highest BCUT2D eigenvalue weighted by Crippen LogP contribution is 2.31. The summed E-state index contributed by atoms with van der Waals surface area (Å²) in [5.41, 5.74) is 0.992. The summed E-state index contributed by atoms with van der Waals surface area (Å²) in [7, 11) is 0. The SMILES string of the molecule is N#Cc1ccc(Oc2ccc(C=C(NC(=O)CCC3CCCC3)C(=O)O)cc2)c(Br)c1. The van der Waals surface area contributed by atoms with E-state index in [0.717, 1.165) is 19.3 Å². The normalized spacial score (nSPS) is 14.1. The smallest absolute Gasteiger partial charge is 0.352 e. The molecule has 7 heteroatoms. The van der Waals surface area contributed by atoms with Gasteiger partial charge >= 0.3 is 5.97 Å². The molecule has 160 valence electrons. The Morgan fingerprint density at radius 3 is 2.52 bits per heavy atom. The van der Waals surface area contributed by atoms with Crippen molar-refractivity contribution >= 4 is 33.9 Å². The summed E-state index contributed by atoms with van der Waals surface area (Å²) in [5, 5.41) is 20.9. The van der Waals surface area contributed by atoms with Crippen molar-refractivity contribution in [2.24, 2.45) is 5.92 Å². The van der Waals surface area contributed by atoms with Crippen LogP contribution in [0.25, 0.3) is 6.08 Å². The second-order valence-corrected chi connectivity index (χ2v) is 8.38. The fourth-order valence-electron chi connectivity index (χ4n) is 3.58. The second kappa shape index (κ2) is 10.8.